The van der Waals surface area contributed by atoms with Gasteiger partial charge in [0.05, 0.1) is 0 Å². The molecule has 1 heterocycles. The molecule has 1 amide bonds. The van der Waals surface area contributed by atoms with Gasteiger partial charge in [0.2, 0.25) is 0 Å². The van der Waals surface area contributed by atoms with Crippen LogP contribution in [0.4, 0.5) is 0 Å². The van der Waals surface area contributed by atoms with Crippen molar-refractivity contribution < 1.29 is 4.79 Å². The van der Waals surface area contributed by atoms with E-state index >= 15 is 0 Å². The van der Waals surface area contributed by atoms with E-state index in [0.29, 0.717) is 0 Å². The molecular weight excluding hydrogens is 210 g/mol. The van der Waals surface area contributed by atoms with Crippen molar-refractivity contribution in [2.75, 3.05) is 13.1 Å². The largest absolute Gasteiger partial charge is 0.338 e. The highest BCUT2D eigenvalue weighted by atomic mass is 16.2. The molecule has 0 fully saturated rings. The Morgan fingerprint density at radius 1 is 1.24 bits per heavy atom. The number of hydrogen-bond donors (Lipinski definition) is 0. The van der Waals surface area contributed by atoms with Crippen LogP contribution in [0.25, 0.3) is 0 Å². The molecule has 2 heteroatoms. The Morgan fingerprint density at radius 2 is 2.06 bits per heavy atom. The average Bonchev–Trinajstić information content (AvgIpc) is 2.34. The number of carbonyl (C=O) groups excluding carboxylic acids is 1. The van der Waals surface area contributed by atoms with Crippen LogP contribution >= 0.6 is 0 Å². The van der Waals surface area contributed by atoms with E-state index in [4.69, 9.17) is 0 Å². The van der Waals surface area contributed by atoms with Gasteiger partial charge in [-0.05, 0) is 36.5 Å². The van der Waals surface area contributed by atoms with E-state index in [9.17, 15) is 4.79 Å². The molecule has 17 heavy (non-hydrogen) atoms. The highest BCUT2D eigenvalue weighted by Crippen LogP contribution is 2.21. The Balaban J connectivity index is 2.26. The van der Waals surface area contributed by atoms with Crippen molar-refractivity contribution in [3.05, 3.63) is 34.9 Å². The molecule has 0 saturated carbocycles. The van der Waals surface area contributed by atoms with Crippen molar-refractivity contribution in [3.8, 4) is 0 Å². The van der Waals surface area contributed by atoms with Gasteiger partial charge < -0.3 is 4.90 Å². The van der Waals surface area contributed by atoms with Gasteiger partial charge >= 0.3 is 0 Å². The van der Waals surface area contributed by atoms with Crippen molar-refractivity contribution in [1.29, 1.82) is 0 Å². The standard InChI is InChI=1S/C15H21NO/c1-3-5-12-6-7-13-8-10-16(9-4-2)15(17)14(13)11-12/h6-7,11H,3-5,8-10H2,1-2H3. The Hall–Kier alpha value is -1.31. The summed E-state index contributed by atoms with van der Waals surface area (Å²) in [5, 5.41) is 0. The summed E-state index contributed by atoms with van der Waals surface area (Å²) in [5.74, 6) is 0.228. The molecule has 1 aliphatic heterocycles. The molecule has 0 bridgehead atoms. The molecular formula is C15H21NO. The van der Waals surface area contributed by atoms with E-state index in [1.54, 1.807) is 0 Å². The van der Waals surface area contributed by atoms with Crippen molar-refractivity contribution in [2.45, 2.75) is 39.5 Å². The molecule has 0 spiro atoms. The number of benzene rings is 1. The summed E-state index contributed by atoms with van der Waals surface area (Å²) in [4.78, 5) is 14.3. The summed E-state index contributed by atoms with van der Waals surface area (Å²) in [5.41, 5.74) is 3.45. The molecule has 2 rings (SSSR count). The van der Waals surface area contributed by atoms with E-state index in [1.165, 1.54) is 11.1 Å². The zero-order chi connectivity index (χ0) is 12.3. The fraction of sp³-hybridized carbons (Fsp3) is 0.533. The maximum Gasteiger partial charge on any atom is 0.254 e. The summed E-state index contributed by atoms with van der Waals surface area (Å²) in [6.07, 6.45) is 4.24. The minimum absolute atomic E-state index is 0.228. The van der Waals surface area contributed by atoms with Crippen LogP contribution in [0.2, 0.25) is 0 Å². The summed E-state index contributed by atoms with van der Waals surface area (Å²) in [6.45, 7) is 6.06. The lowest BCUT2D eigenvalue weighted by Crippen LogP contribution is -2.38. The van der Waals surface area contributed by atoms with E-state index in [2.05, 4.69) is 32.0 Å². The van der Waals surface area contributed by atoms with Crippen LogP contribution in [0.15, 0.2) is 18.2 Å². The van der Waals surface area contributed by atoms with Crippen molar-refractivity contribution in [3.63, 3.8) is 0 Å². The van der Waals surface area contributed by atoms with Crippen LogP contribution in [-0.4, -0.2) is 23.9 Å². The summed E-state index contributed by atoms with van der Waals surface area (Å²) in [6, 6.07) is 6.41. The van der Waals surface area contributed by atoms with Gasteiger partial charge in [-0.15, -0.1) is 0 Å². The van der Waals surface area contributed by atoms with Gasteiger partial charge in [-0.25, -0.2) is 0 Å². The first kappa shape index (κ1) is 12.2. The number of aryl methyl sites for hydroxylation is 1. The third-order valence-electron chi connectivity index (χ3n) is 3.38. The van der Waals surface area contributed by atoms with Gasteiger partial charge in [0, 0.05) is 18.7 Å². The molecule has 0 unspecified atom stereocenters. The molecule has 0 aromatic heterocycles. The van der Waals surface area contributed by atoms with Gasteiger partial charge in [-0.1, -0.05) is 32.4 Å². The Kier molecular flexibility index (Phi) is 3.82. The van der Waals surface area contributed by atoms with Crippen molar-refractivity contribution in [1.82, 2.24) is 4.90 Å². The molecule has 0 aliphatic carbocycles. The van der Waals surface area contributed by atoms with E-state index in [-0.39, 0.29) is 5.91 Å². The fourth-order valence-corrected chi connectivity index (χ4v) is 2.50. The first-order valence-corrected chi connectivity index (χ1v) is 6.67. The van der Waals surface area contributed by atoms with Gasteiger partial charge in [-0.2, -0.15) is 0 Å². The van der Waals surface area contributed by atoms with Gasteiger partial charge in [0.1, 0.15) is 0 Å². The number of amides is 1. The maximum atomic E-state index is 12.3. The number of nitrogens with zero attached hydrogens (tertiary/aromatic N) is 1. The third kappa shape index (κ3) is 2.51. The lowest BCUT2D eigenvalue weighted by molar-refractivity contribution is 0.0740. The SMILES string of the molecule is CCCc1ccc2c(c1)C(=O)N(CCC)CC2. The van der Waals surface area contributed by atoms with Crippen molar-refractivity contribution >= 4 is 5.91 Å². The van der Waals surface area contributed by atoms with E-state index < -0.39 is 0 Å². The van der Waals surface area contributed by atoms with Crippen LogP contribution < -0.4 is 0 Å². The van der Waals surface area contributed by atoms with Crippen LogP contribution in [0.5, 0.6) is 0 Å². The Bertz CT molecular complexity index is 411. The molecule has 0 saturated heterocycles. The van der Waals surface area contributed by atoms with Crippen LogP contribution in [0.1, 0.15) is 48.2 Å². The zero-order valence-electron chi connectivity index (χ0n) is 10.8. The molecule has 1 aliphatic rings. The normalized spacial score (nSPS) is 14.9. The van der Waals surface area contributed by atoms with Crippen LogP contribution in [-0.2, 0) is 12.8 Å². The second-order valence-corrected chi connectivity index (χ2v) is 4.78. The molecule has 0 atom stereocenters. The highest BCUT2D eigenvalue weighted by molar-refractivity contribution is 5.96. The predicted molar refractivity (Wildman–Crippen MR) is 70.3 cm³/mol. The Morgan fingerprint density at radius 3 is 2.76 bits per heavy atom. The lowest BCUT2D eigenvalue weighted by atomic mass is 9.95. The molecule has 2 nitrogen and oxygen atoms in total. The zero-order valence-corrected chi connectivity index (χ0v) is 10.8. The number of rotatable bonds is 4. The second-order valence-electron chi connectivity index (χ2n) is 4.78. The molecule has 0 radical (unpaired) electrons. The molecule has 0 N–H and O–H groups in total. The van der Waals surface area contributed by atoms with Gasteiger partial charge in [-0.3, -0.25) is 4.79 Å². The average molecular weight is 231 g/mol. The first-order chi connectivity index (χ1) is 8.26. The minimum atomic E-state index is 0.228. The van der Waals surface area contributed by atoms with Gasteiger partial charge in [0.15, 0.2) is 0 Å². The monoisotopic (exact) mass is 231 g/mol. The summed E-state index contributed by atoms with van der Waals surface area (Å²) >= 11 is 0. The van der Waals surface area contributed by atoms with E-state index in [0.717, 1.165) is 44.3 Å². The predicted octanol–water partition coefficient (Wildman–Crippen LogP) is 3.05. The maximum absolute atomic E-state index is 12.3. The lowest BCUT2D eigenvalue weighted by Gasteiger charge is -2.28. The van der Waals surface area contributed by atoms with Crippen LogP contribution in [0, 0.1) is 0 Å². The Labute approximate surface area is 104 Å². The summed E-state index contributed by atoms with van der Waals surface area (Å²) < 4.78 is 0. The highest BCUT2D eigenvalue weighted by Gasteiger charge is 2.23. The molecule has 92 valence electrons. The molecule has 1 aromatic rings. The third-order valence-corrected chi connectivity index (χ3v) is 3.38. The minimum Gasteiger partial charge on any atom is -0.338 e. The number of carbonyl (C=O) groups is 1. The van der Waals surface area contributed by atoms with Crippen LogP contribution in [0.3, 0.4) is 0 Å². The number of fused-ring (bicyclic) bond motifs is 1. The van der Waals surface area contributed by atoms with Crippen molar-refractivity contribution in [2.24, 2.45) is 0 Å². The first-order valence-electron chi connectivity index (χ1n) is 6.67. The molecule has 1 aromatic carbocycles. The quantitative estimate of drug-likeness (QED) is 0.780. The topological polar surface area (TPSA) is 20.3 Å². The van der Waals surface area contributed by atoms with Gasteiger partial charge in [0.25, 0.3) is 5.91 Å². The number of hydrogen-bond acceptors (Lipinski definition) is 1. The summed E-state index contributed by atoms with van der Waals surface area (Å²) in [7, 11) is 0. The fourth-order valence-electron chi connectivity index (χ4n) is 2.50. The smallest absolute Gasteiger partial charge is 0.254 e. The van der Waals surface area contributed by atoms with E-state index in [1.807, 2.05) is 4.90 Å². The second kappa shape index (κ2) is 5.35.